The van der Waals surface area contributed by atoms with E-state index in [0.717, 1.165) is 4.31 Å². The van der Waals surface area contributed by atoms with Crippen molar-refractivity contribution in [1.29, 1.82) is 0 Å². The third-order valence-electron chi connectivity index (χ3n) is 6.04. The molecule has 3 aromatic rings. The minimum absolute atomic E-state index is 0.0415. The summed E-state index contributed by atoms with van der Waals surface area (Å²) in [5.41, 5.74) is 0.867. The van der Waals surface area contributed by atoms with E-state index < -0.39 is 28.5 Å². The maximum absolute atomic E-state index is 13.9. The van der Waals surface area contributed by atoms with Crippen LogP contribution in [0.4, 0.5) is 5.69 Å². The number of methoxy groups -OCH3 is 2. The molecule has 0 saturated carbocycles. The summed E-state index contributed by atoms with van der Waals surface area (Å²) >= 11 is 6.15. The lowest BCUT2D eigenvalue weighted by Crippen LogP contribution is -2.51. The average Bonchev–Trinajstić information content (AvgIpc) is 2.94. The Morgan fingerprint density at radius 3 is 2.28 bits per heavy atom. The number of ether oxygens (including phenoxy) is 2. The van der Waals surface area contributed by atoms with Crippen LogP contribution in [-0.4, -0.2) is 58.5 Å². The van der Waals surface area contributed by atoms with Crippen molar-refractivity contribution < 1.29 is 27.5 Å². The van der Waals surface area contributed by atoms with E-state index in [1.807, 2.05) is 0 Å². The molecule has 208 valence electrons. The second-order valence-corrected chi connectivity index (χ2v) is 10.9. The smallest absolute Gasteiger partial charge is 0.264 e. The lowest BCUT2D eigenvalue weighted by molar-refractivity contribution is -0.139. The quantitative estimate of drug-likeness (QED) is 0.350. The molecule has 0 saturated heterocycles. The lowest BCUT2D eigenvalue weighted by atomic mass is 10.1. The highest BCUT2D eigenvalue weighted by atomic mass is 35.5. The molecule has 11 heteroatoms. The average molecular weight is 574 g/mol. The maximum atomic E-state index is 13.9. The number of hydrogen-bond acceptors (Lipinski definition) is 6. The molecule has 0 radical (unpaired) electrons. The minimum atomic E-state index is -4.25. The summed E-state index contributed by atoms with van der Waals surface area (Å²) in [6.45, 7) is 3.21. The van der Waals surface area contributed by atoms with Crippen molar-refractivity contribution in [3.05, 3.63) is 83.4 Å². The molecule has 2 amide bonds. The van der Waals surface area contributed by atoms with Gasteiger partial charge in [0.15, 0.2) is 0 Å². The van der Waals surface area contributed by atoms with Crippen LogP contribution in [0.3, 0.4) is 0 Å². The van der Waals surface area contributed by atoms with Gasteiger partial charge >= 0.3 is 0 Å². The Bertz CT molecular complexity index is 1400. The number of carbonyl (C=O) groups excluding carboxylic acids is 2. The Morgan fingerprint density at radius 1 is 0.974 bits per heavy atom. The molecule has 1 atom stereocenters. The van der Waals surface area contributed by atoms with Crippen molar-refractivity contribution in [2.45, 2.75) is 31.3 Å². The lowest BCUT2D eigenvalue weighted by Gasteiger charge is -2.32. The van der Waals surface area contributed by atoms with Crippen molar-refractivity contribution in [2.24, 2.45) is 0 Å². The molecule has 0 aromatic heterocycles. The van der Waals surface area contributed by atoms with Crippen LogP contribution >= 0.6 is 11.6 Å². The molecule has 0 bridgehead atoms. The first-order chi connectivity index (χ1) is 18.6. The zero-order valence-electron chi connectivity index (χ0n) is 22.3. The van der Waals surface area contributed by atoms with Gasteiger partial charge in [-0.2, -0.15) is 0 Å². The summed E-state index contributed by atoms with van der Waals surface area (Å²) in [5.74, 6) is -0.204. The van der Waals surface area contributed by atoms with E-state index in [1.54, 1.807) is 62.4 Å². The molecule has 9 nitrogen and oxygen atoms in total. The van der Waals surface area contributed by atoms with E-state index in [2.05, 4.69) is 5.32 Å². The number of rotatable bonds is 12. The van der Waals surface area contributed by atoms with Gasteiger partial charge in [-0.3, -0.25) is 13.9 Å². The van der Waals surface area contributed by atoms with Crippen molar-refractivity contribution in [1.82, 2.24) is 10.2 Å². The zero-order chi connectivity index (χ0) is 28.6. The summed E-state index contributed by atoms with van der Waals surface area (Å²) in [6.07, 6.45) is 0. The van der Waals surface area contributed by atoms with Crippen LogP contribution in [0.5, 0.6) is 11.5 Å². The van der Waals surface area contributed by atoms with E-state index in [9.17, 15) is 18.0 Å². The maximum Gasteiger partial charge on any atom is 0.264 e. The third kappa shape index (κ3) is 7.21. The number of nitrogens with zero attached hydrogens (tertiary/aromatic N) is 2. The fourth-order valence-electron chi connectivity index (χ4n) is 3.96. The number of para-hydroxylation sites is 2. The van der Waals surface area contributed by atoms with Crippen LogP contribution in [-0.2, 0) is 26.2 Å². The highest BCUT2D eigenvalue weighted by Crippen LogP contribution is 2.33. The van der Waals surface area contributed by atoms with Crippen molar-refractivity contribution in [2.75, 3.05) is 31.6 Å². The standard InChI is InChI=1S/C28H32ClN3O6S/c1-5-30-28(34)20(2)31(18-21-9-8-10-22(29)17-21)27(33)19-32(25-11-6-7-12-26(25)38-4)39(35,36)24-15-13-23(37-3)14-16-24/h6-17,20H,5,18-19H2,1-4H3,(H,30,34)/t20-/m1/s1. The molecule has 0 unspecified atom stereocenters. The predicted octanol–water partition coefficient (Wildman–Crippen LogP) is 4.11. The van der Waals surface area contributed by atoms with Gasteiger partial charge in [0.25, 0.3) is 10.0 Å². The zero-order valence-corrected chi connectivity index (χ0v) is 23.8. The van der Waals surface area contributed by atoms with Gasteiger partial charge in [-0.15, -0.1) is 0 Å². The van der Waals surface area contributed by atoms with Crippen LogP contribution < -0.4 is 19.1 Å². The van der Waals surface area contributed by atoms with Crippen LogP contribution in [0, 0.1) is 0 Å². The Balaban J connectivity index is 2.07. The fraction of sp³-hybridized carbons (Fsp3) is 0.286. The summed E-state index contributed by atoms with van der Waals surface area (Å²) in [6, 6.07) is 18.4. The summed E-state index contributed by atoms with van der Waals surface area (Å²) < 4.78 is 39.4. The Morgan fingerprint density at radius 2 is 1.67 bits per heavy atom. The van der Waals surface area contributed by atoms with Crippen LogP contribution in [0.2, 0.25) is 5.02 Å². The van der Waals surface area contributed by atoms with E-state index in [4.69, 9.17) is 21.1 Å². The van der Waals surface area contributed by atoms with Gasteiger partial charge in [0.2, 0.25) is 11.8 Å². The van der Waals surface area contributed by atoms with E-state index >= 15 is 0 Å². The molecule has 1 N–H and O–H groups in total. The van der Waals surface area contributed by atoms with Crippen molar-refractivity contribution in [3.63, 3.8) is 0 Å². The second-order valence-electron chi connectivity index (χ2n) is 8.58. The Hall–Kier alpha value is -3.76. The van der Waals surface area contributed by atoms with Crippen molar-refractivity contribution in [3.8, 4) is 11.5 Å². The number of amides is 2. The molecule has 39 heavy (non-hydrogen) atoms. The molecule has 0 aliphatic carbocycles. The van der Waals surface area contributed by atoms with E-state index in [0.29, 0.717) is 22.9 Å². The normalized spacial score (nSPS) is 11.8. The van der Waals surface area contributed by atoms with Gasteiger partial charge in [0.1, 0.15) is 24.1 Å². The molecule has 0 aliphatic heterocycles. The third-order valence-corrected chi connectivity index (χ3v) is 8.05. The second kappa shape index (κ2) is 13.3. The summed E-state index contributed by atoms with van der Waals surface area (Å²) in [4.78, 5) is 28.0. The molecule has 3 rings (SSSR count). The van der Waals surface area contributed by atoms with Crippen LogP contribution in [0.1, 0.15) is 19.4 Å². The summed E-state index contributed by atoms with van der Waals surface area (Å²) in [7, 11) is -1.35. The number of carbonyl (C=O) groups is 2. The monoisotopic (exact) mass is 573 g/mol. The highest BCUT2D eigenvalue weighted by molar-refractivity contribution is 7.92. The minimum Gasteiger partial charge on any atom is -0.497 e. The highest BCUT2D eigenvalue weighted by Gasteiger charge is 2.33. The Kier molecular flexibility index (Phi) is 10.2. The number of anilines is 1. The molecular weight excluding hydrogens is 542 g/mol. The van der Waals surface area contributed by atoms with Crippen LogP contribution in [0.15, 0.2) is 77.7 Å². The summed E-state index contributed by atoms with van der Waals surface area (Å²) in [5, 5.41) is 3.20. The van der Waals surface area contributed by atoms with E-state index in [1.165, 1.54) is 43.4 Å². The van der Waals surface area contributed by atoms with Gasteiger partial charge < -0.3 is 19.7 Å². The molecule has 0 heterocycles. The van der Waals surface area contributed by atoms with Gasteiger partial charge in [0, 0.05) is 18.1 Å². The van der Waals surface area contributed by atoms with Gasteiger partial charge in [-0.25, -0.2) is 8.42 Å². The number of benzene rings is 3. The topological polar surface area (TPSA) is 105 Å². The molecule has 0 spiro atoms. The first-order valence-corrected chi connectivity index (χ1v) is 14.1. The molecule has 0 fully saturated rings. The molecule has 0 aliphatic rings. The number of nitrogens with one attached hydrogen (secondary N) is 1. The molecule has 3 aromatic carbocycles. The van der Waals surface area contributed by atoms with Gasteiger partial charge in [-0.1, -0.05) is 35.9 Å². The van der Waals surface area contributed by atoms with Crippen molar-refractivity contribution >= 4 is 39.1 Å². The van der Waals surface area contributed by atoms with Gasteiger partial charge in [-0.05, 0) is 67.9 Å². The Labute approximate surface area is 234 Å². The molecular formula is C28H32ClN3O6S. The number of sulfonamides is 1. The van der Waals surface area contributed by atoms with Gasteiger partial charge in [0.05, 0.1) is 24.8 Å². The number of likely N-dealkylation sites (N-methyl/N-ethyl adjacent to an activating group) is 1. The SMILES string of the molecule is CCNC(=O)[C@@H](C)N(Cc1cccc(Cl)c1)C(=O)CN(c1ccccc1OC)S(=O)(=O)c1ccc(OC)cc1. The first-order valence-electron chi connectivity index (χ1n) is 12.2. The fourth-order valence-corrected chi connectivity index (χ4v) is 5.60. The largest absolute Gasteiger partial charge is 0.497 e. The first kappa shape index (κ1) is 29.8. The number of hydrogen-bond donors (Lipinski definition) is 1. The van der Waals surface area contributed by atoms with Crippen LogP contribution in [0.25, 0.3) is 0 Å². The number of halogens is 1. The predicted molar refractivity (Wildman–Crippen MR) is 151 cm³/mol. The van der Waals surface area contributed by atoms with E-state index in [-0.39, 0.29) is 28.8 Å².